The summed E-state index contributed by atoms with van der Waals surface area (Å²) in [5.74, 6) is 2.05. The first-order chi connectivity index (χ1) is 11.6. The van der Waals surface area contributed by atoms with Crippen LogP contribution < -0.4 is 15.4 Å². The lowest BCUT2D eigenvalue weighted by Crippen LogP contribution is -2.02. The number of aromatic nitrogens is 2. The molecule has 0 saturated heterocycles. The summed E-state index contributed by atoms with van der Waals surface area (Å²) < 4.78 is 6.24. The normalized spacial score (nSPS) is 10.3. The van der Waals surface area contributed by atoms with Crippen LogP contribution >= 0.6 is 15.9 Å². The van der Waals surface area contributed by atoms with E-state index in [4.69, 9.17) is 4.74 Å². The molecule has 0 fully saturated rings. The van der Waals surface area contributed by atoms with Crippen LogP contribution in [0.3, 0.4) is 0 Å². The van der Waals surface area contributed by atoms with Gasteiger partial charge in [-0.3, -0.25) is 0 Å². The van der Waals surface area contributed by atoms with Crippen molar-refractivity contribution in [2.45, 2.75) is 6.92 Å². The van der Waals surface area contributed by atoms with Gasteiger partial charge in [-0.05, 0) is 37.3 Å². The minimum absolute atomic E-state index is 0.540. The van der Waals surface area contributed by atoms with Crippen molar-refractivity contribution in [1.29, 1.82) is 0 Å². The van der Waals surface area contributed by atoms with Crippen LogP contribution in [0.4, 0.5) is 23.1 Å². The first-order valence-corrected chi connectivity index (χ1v) is 8.21. The second-order valence-electron chi connectivity index (χ2n) is 5.21. The highest BCUT2D eigenvalue weighted by molar-refractivity contribution is 9.10. The molecule has 2 N–H and O–H groups in total. The molecule has 1 heterocycles. The van der Waals surface area contributed by atoms with Crippen molar-refractivity contribution < 1.29 is 4.74 Å². The third-order valence-electron chi connectivity index (χ3n) is 3.28. The van der Waals surface area contributed by atoms with Crippen LogP contribution in [0.2, 0.25) is 0 Å². The van der Waals surface area contributed by atoms with E-state index in [9.17, 15) is 0 Å². The minimum atomic E-state index is 0.540. The molecule has 0 unspecified atom stereocenters. The summed E-state index contributed by atoms with van der Waals surface area (Å²) in [5.41, 5.74) is 2.69. The number of hydrogen-bond acceptors (Lipinski definition) is 5. The molecule has 24 heavy (non-hydrogen) atoms. The number of methoxy groups -OCH3 is 1. The van der Waals surface area contributed by atoms with E-state index in [2.05, 4.69) is 36.5 Å². The zero-order chi connectivity index (χ0) is 16.9. The number of benzene rings is 2. The summed E-state index contributed by atoms with van der Waals surface area (Å²) in [6, 6.07) is 17.5. The third kappa shape index (κ3) is 4.23. The summed E-state index contributed by atoms with van der Waals surface area (Å²) in [6.45, 7) is 1.94. The molecule has 0 saturated carbocycles. The molecule has 0 aliphatic rings. The van der Waals surface area contributed by atoms with Crippen molar-refractivity contribution in [3.05, 3.63) is 64.8 Å². The summed E-state index contributed by atoms with van der Waals surface area (Å²) >= 11 is 3.46. The fourth-order valence-corrected chi connectivity index (χ4v) is 2.63. The third-order valence-corrected chi connectivity index (χ3v) is 3.77. The van der Waals surface area contributed by atoms with Crippen LogP contribution in [-0.4, -0.2) is 17.1 Å². The molecule has 6 heteroatoms. The molecule has 122 valence electrons. The van der Waals surface area contributed by atoms with Crippen LogP contribution in [-0.2, 0) is 0 Å². The van der Waals surface area contributed by atoms with Crippen molar-refractivity contribution in [3.8, 4) is 5.75 Å². The second kappa shape index (κ2) is 7.31. The van der Waals surface area contributed by atoms with Crippen LogP contribution in [0.25, 0.3) is 0 Å². The molecule has 3 rings (SSSR count). The Morgan fingerprint density at radius 2 is 1.67 bits per heavy atom. The quantitative estimate of drug-likeness (QED) is 0.644. The molecule has 0 aliphatic carbocycles. The predicted octanol–water partition coefficient (Wildman–Crippen LogP) is 5.04. The summed E-state index contributed by atoms with van der Waals surface area (Å²) in [7, 11) is 1.65. The van der Waals surface area contributed by atoms with Gasteiger partial charge in [-0.25, -0.2) is 4.98 Å². The lowest BCUT2D eigenvalue weighted by molar-refractivity contribution is 0.415. The minimum Gasteiger partial charge on any atom is -0.497 e. The van der Waals surface area contributed by atoms with Gasteiger partial charge in [0.15, 0.2) is 0 Å². The van der Waals surface area contributed by atoms with E-state index in [0.717, 1.165) is 27.3 Å². The van der Waals surface area contributed by atoms with Gasteiger partial charge in [-0.2, -0.15) is 4.98 Å². The number of anilines is 4. The van der Waals surface area contributed by atoms with E-state index in [1.165, 1.54) is 0 Å². The largest absolute Gasteiger partial charge is 0.497 e. The number of rotatable bonds is 5. The van der Waals surface area contributed by atoms with Gasteiger partial charge in [0.25, 0.3) is 0 Å². The average molecular weight is 385 g/mol. The number of hydrogen-bond donors (Lipinski definition) is 2. The van der Waals surface area contributed by atoms with Gasteiger partial charge < -0.3 is 15.4 Å². The van der Waals surface area contributed by atoms with Crippen LogP contribution in [0.1, 0.15) is 5.69 Å². The molecular weight excluding hydrogens is 368 g/mol. The molecule has 0 atom stereocenters. The van der Waals surface area contributed by atoms with Crippen LogP contribution in [0.5, 0.6) is 5.75 Å². The van der Waals surface area contributed by atoms with E-state index in [0.29, 0.717) is 11.8 Å². The van der Waals surface area contributed by atoms with Crippen molar-refractivity contribution in [1.82, 2.24) is 9.97 Å². The maximum Gasteiger partial charge on any atom is 0.229 e. The lowest BCUT2D eigenvalue weighted by Gasteiger charge is -2.11. The summed E-state index contributed by atoms with van der Waals surface area (Å²) in [4.78, 5) is 8.95. The second-order valence-corrected chi connectivity index (χ2v) is 6.13. The Morgan fingerprint density at radius 3 is 2.42 bits per heavy atom. The van der Waals surface area contributed by atoms with Gasteiger partial charge in [0.05, 0.1) is 7.11 Å². The van der Waals surface area contributed by atoms with E-state index < -0.39 is 0 Å². The molecule has 2 aromatic carbocycles. The molecular formula is C18H17BrN4O. The van der Waals surface area contributed by atoms with Gasteiger partial charge in [0.2, 0.25) is 5.95 Å². The number of nitrogens with one attached hydrogen (secondary N) is 2. The van der Waals surface area contributed by atoms with Gasteiger partial charge in [0, 0.05) is 33.7 Å². The fraction of sp³-hybridized carbons (Fsp3) is 0.111. The zero-order valence-electron chi connectivity index (χ0n) is 13.4. The molecule has 0 radical (unpaired) electrons. The average Bonchev–Trinajstić information content (AvgIpc) is 2.54. The van der Waals surface area contributed by atoms with Gasteiger partial charge >= 0.3 is 0 Å². The number of aryl methyl sites for hydroxylation is 1. The number of nitrogens with zero attached hydrogens (tertiary/aromatic N) is 2. The maximum atomic E-state index is 5.24. The van der Waals surface area contributed by atoms with Crippen LogP contribution in [0, 0.1) is 6.92 Å². The van der Waals surface area contributed by atoms with Gasteiger partial charge in [0.1, 0.15) is 11.6 Å². The first-order valence-electron chi connectivity index (χ1n) is 7.42. The standard InChI is InChI=1S/C18H17BrN4O/c1-12-9-17(21-15-7-4-8-16(11-15)24-2)23-18(20-12)22-14-6-3-5-13(19)10-14/h3-11H,1-2H3,(H2,20,21,22,23). The molecule has 0 spiro atoms. The summed E-state index contributed by atoms with van der Waals surface area (Å²) in [5, 5.41) is 6.49. The van der Waals surface area contributed by atoms with Crippen molar-refractivity contribution in [3.63, 3.8) is 0 Å². The van der Waals surface area contributed by atoms with E-state index in [1.54, 1.807) is 7.11 Å². The number of halogens is 1. The predicted molar refractivity (Wildman–Crippen MR) is 100 cm³/mol. The van der Waals surface area contributed by atoms with Crippen LogP contribution in [0.15, 0.2) is 59.1 Å². The van der Waals surface area contributed by atoms with Gasteiger partial charge in [-0.15, -0.1) is 0 Å². The Bertz CT molecular complexity index is 854. The fourth-order valence-electron chi connectivity index (χ4n) is 2.23. The highest BCUT2D eigenvalue weighted by Crippen LogP contribution is 2.23. The first kappa shape index (κ1) is 16.3. The Labute approximate surface area is 149 Å². The molecule has 0 bridgehead atoms. The van der Waals surface area contributed by atoms with E-state index in [-0.39, 0.29) is 0 Å². The lowest BCUT2D eigenvalue weighted by atomic mass is 10.3. The highest BCUT2D eigenvalue weighted by atomic mass is 79.9. The molecule has 0 aliphatic heterocycles. The van der Waals surface area contributed by atoms with Gasteiger partial charge in [-0.1, -0.05) is 28.1 Å². The smallest absolute Gasteiger partial charge is 0.229 e. The SMILES string of the molecule is COc1cccc(Nc2cc(C)nc(Nc3cccc(Br)c3)n2)c1. The van der Waals surface area contributed by atoms with Crippen molar-refractivity contribution in [2.24, 2.45) is 0 Å². The highest BCUT2D eigenvalue weighted by Gasteiger charge is 2.04. The van der Waals surface area contributed by atoms with E-state index >= 15 is 0 Å². The molecule has 5 nitrogen and oxygen atoms in total. The topological polar surface area (TPSA) is 59.1 Å². The van der Waals surface area contributed by atoms with Crippen molar-refractivity contribution in [2.75, 3.05) is 17.7 Å². The maximum absolute atomic E-state index is 5.24. The number of ether oxygens (including phenoxy) is 1. The molecule has 3 aromatic rings. The van der Waals surface area contributed by atoms with E-state index in [1.807, 2.05) is 61.5 Å². The van der Waals surface area contributed by atoms with Crippen molar-refractivity contribution >= 4 is 39.1 Å². The Morgan fingerprint density at radius 1 is 0.917 bits per heavy atom. The summed E-state index contributed by atoms with van der Waals surface area (Å²) in [6.07, 6.45) is 0. The molecule has 1 aromatic heterocycles. The zero-order valence-corrected chi connectivity index (χ0v) is 15.0. The Hall–Kier alpha value is -2.60. The Balaban J connectivity index is 1.83. The molecule has 0 amide bonds. The Kier molecular flexibility index (Phi) is 4.96. The monoisotopic (exact) mass is 384 g/mol.